The van der Waals surface area contributed by atoms with E-state index in [9.17, 15) is 14.4 Å². The zero-order valence-electron chi connectivity index (χ0n) is 26.7. The van der Waals surface area contributed by atoms with Crippen LogP contribution in [0, 0.1) is 13.8 Å². The van der Waals surface area contributed by atoms with Gasteiger partial charge in [0.25, 0.3) is 11.8 Å². The molecule has 11 nitrogen and oxygen atoms in total. The maximum absolute atomic E-state index is 13.3. The van der Waals surface area contributed by atoms with Gasteiger partial charge < -0.3 is 39.2 Å². The molecule has 1 saturated heterocycles. The van der Waals surface area contributed by atoms with Gasteiger partial charge in [0, 0.05) is 44.1 Å². The molecule has 4 bridgehead atoms. The third-order valence-corrected chi connectivity index (χ3v) is 8.40. The summed E-state index contributed by atoms with van der Waals surface area (Å²) in [4.78, 5) is 40.9. The highest BCUT2D eigenvalue weighted by molar-refractivity contribution is 5.80. The summed E-state index contributed by atoms with van der Waals surface area (Å²) in [7, 11) is 3.09. The SMILES string of the molecule is COc1cc2ccc1CNC(=O)CCc1ccc(OC)c(c1)OCC(=O)N[C@@H]1CN(C(=O)COc3cccc(C)c3C)CC[C@@H]1O2. The number of hydrogen-bond donors (Lipinski definition) is 2. The Hall–Kier alpha value is -4.93. The van der Waals surface area contributed by atoms with Crippen molar-refractivity contribution in [1.82, 2.24) is 15.5 Å². The Morgan fingerprint density at radius 2 is 1.78 bits per heavy atom. The van der Waals surface area contributed by atoms with E-state index in [2.05, 4.69) is 10.6 Å². The lowest BCUT2D eigenvalue weighted by Gasteiger charge is -2.38. The number of rotatable bonds is 5. The zero-order valence-corrected chi connectivity index (χ0v) is 26.7. The summed E-state index contributed by atoms with van der Waals surface area (Å²) in [6.07, 6.45) is 0.771. The topological polar surface area (TPSA) is 125 Å². The predicted octanol–water partition coefficient (Wildman–Crippen LogP) is 3.51. The molecule has 3 aliphatic rings. The van der Waals surface area contributed by atoms with E-state index < -0.39 is 12.1 Å². The van der Waals surface area contributed by atoms with Gasteiger partial charge in [-0.15, -0.1) is 0 Å². The molecule has 3 heterocycles. The molecule has 3 aliphatic heterocycles. The average molecular weight is 632 g/mol. The number of benzene rings is 3. The molecule has 11 heteroatoms. The first-order valence-electron chi connectivity index (χ1n) is 15.4. The highest BCUT2D eigenvalue weighted by atomic mass is 16.5. The van der Waals surface area contributed by atoms with Crippen LogP contribution in [0.2, 0.25) is 0 Å². The highest BCUT2D eigenvalue weighted by Crippen LogP contribution is 2.30. The lowest BCUT2D eigenvalue weighted by molar-refractivity contribution is -0.137. The van der Waals surface area contributed by atoms with Crippen LogP contribution in [-0.2, 0) is 27.3 Å². The molecule has 0 unspecified atom stereocenters. The van der Waals surface area contributed by atoms with Crippen molar-refractivity contribution in [1.29, 1.82) is 0 Å². The molecule has 1 fully saturated rings. The van der Waals surface area contributed by atoms with Crippen molar-refractivity contribution in [2.75, 3.05) is 40.5 Å². The van der Waals surface area contributed by atoms with Crippen LogP contribution in [0.25, 0.3) is 0 Å². The van der Waals surface area contributed by atoms with E-state index >= 15 is 0 Å². The van der Waals surface area contributed by atoms with Crippen LogP contribution in [0.5, 0.6) is 28.7 Å². The summed E-state index contributed by atoms with van der Waals surface area (Å²) in [6, 6.07) is 16.0. The van der Waals surface area contributed by atoms with Crippen LogP contribution in [0.1, 0.15) is 35.1 Å². The third kappa shape index (κ3) is 8.01. The molecule has 2 atom stereocenters. The van der Waals surface area contributed by atoms with Crippen LogP contribution in [0.4, 0.5) is 0 Å². The summed E-state index contributed by atoms with van der Waals surface area (Å²) in [5, 5.41) is 5.98. The molecule has 2 N–H and O–H groups in total. The van der Waals surface area contributed by atoms with Gasteiger partial charge in [0.2, 0.25) is 5.91 Å². The maximum atomic E-state index is 13.3. The van der Waals surface area contributed by atoms with E-state index in [1.807, 2.05) is 50.2 Å². The molecule has 244 valence electrons. The second-order valence-corrected chi connectivity index (χ2v) is 11.5. The number of aryl methyl sites for hydroxylation is 2. The fourth-order valence-corrected chi connectivity index (χ4v) is 5.59. The number of carbonyl (C=O) groups excluding carboxylic acids is 3. The summed E-state index contributed by atoms with van der Waals surface area (Å²) in [6.45, 7) is 4.50. The predicted molar refractivity (Wildman–Crippen MR) is 171 cm³/mol. The number of methoxy groups -OCH3 is 2. The number of hydrogen-bond acceptors (Lipinski definition) is 8. The van der Waals surface area contributed by atoms with E-state index in [4.69, 9.17) is 23.7 Å². The molecular formula is C35H41N3O8. The van der Waals surface area contributed by atoms with Crippen molar-refractivity contribution in [3.05, 3.63) is 76.9 Å². The molecule has 0 saturated carbocycles. The number of carbonyl (C=O) groups is 3. The zero-order chi connectivity index (χ0) is 32.6. The number of nitrogens with zero attached hydrogens (tertiary/aromatic N) is 1. The molecule has 3 aromatic carbocycles. The van der Waals surface area contributed by atoms with Crippen molar-refractivity contribution in [3.63, 3.8) is 0 Å². The second kappa shape index (κ2) is 14.9. The van der Waals surface area contributed by atoms with Crippen molar-refractivity contribution in [2.45, 2.75) is 51.8 Å². The van der Waals surface area contributed by atoms with E-state index in [-0.39, 0.29) is 43.9 Å². The number of ether oxygens (including phenoxy) is 5. The first kappa shape index (κ1) is 32.5. The van der Waals surface area contributed by atoms with Gasteiger partial charge >= 0.3 is 0 Å². The van der Waals surface area contributed by atoms with Crippen LogP contribution in [-0.4, -0.2) is 75.3 Å². The fraction of sp³-hybridized carbons (Fsp3) is 0.400. The van der Waals surface area contributed by atoms with E-state index in [1.54, 1.807) is 30.2 Å². The van der Waals surface area contributed by atoms with Gasteiger partial charge in [0.1, 0.15) is 23.4 Å². The first-order chi connectivity index (χ1) is 22.2. The standard InChI is InChI=1S/C35H41N3O8/c1-22-6-5-7-28(23(22)2)45-21-35(41)38-15-14-29-27(19-38)37-34(40)20-44-32-16-24(8-12-30(32)42-3)9-13-33(39)36-18-25-10-11-26(46-29)17-31(25)43-4/h5-8,10-12,16-17,27,29H,9,13-15,18-21H2,1-4H3,(H,36,39)(H,37,40)/t27-,29+/m1/s1. The van der Waals surface area contributed by atoms with Crippen LogP contribution in [0.15, 0.2) is 54.6 Å². The van der Waals surface area contributed by atoms with Gasteiger partial charge in [0.15, 0.2) is 24.7 Å². The number of amides is 3. The number of likely N-dealkylation sites (tertiary alicyclic amines) is 1. The van der Waals surface area contributed by atoms with E-state index in [0.29, 0.717) is 54.7 Å². The van der Waals surface area contributed by atoms with Gasteiger partial charge in [-0.2, -0.15) is 0 Å². The Kier molecular flexibility index (Phi) is 10.5. The summed E-state index contributed by atoms with van der Waals surface area (Å²) < 4.78 is 29.2. The largest absolute Gasteiger partial charge is 0.496 e. The summed E-state index contributed by atoms with van der Waals surface area (Å²) in [5.74, 6) is 1.98. The average Bonchev–Trinajstić information content (AvgIpc) is 3.06. The van der Waals surface area contributed by atoms with Crippen LogP contribution in [0.3, 0.4) is 0 Å². The Labute approximate surface area is 269 Å². The second-order valence-electron chi connectivity index (χ2n) is 11.5. The van der Waals surface area contributed by atoms with Crippen molar-refractivity contribution >= 4 is 17.7 Å². The minimum Gasteiger partial charge on any atom is -0.496 e. The number of nitrogens with one attached hydrogen (secondary N) is 2. The lowest BCUT2D eigenvalue weighted by Crippen LogP contribution is -2.59. The normalized spacial score (nSPS) is 18.7. The highest BCUT2D eigenvalue weighted by Gasteiger charge is 2.34. The number of piperidine rings is 1. The smallest absolute Gasteiger partial charge is 0.260 e. The molecule has 0 aliphatic carbocycles. The molecule has 6 rings (SSSR count). The van der Waals surface area contributed by atoms with Crippen molar-refractivity contribution in [2.24, 2.45) is 0 Å². The minimum atomic E-state index is -0.533. The molecule has 0 spiro atoms. The Balaban J connectivity index is 1.36. The monoisotopic (exact) mass is 631 g/mol. The molecular weight excluding hydrogens is 590 g/mol. The quantitative estimate of drug-likeness (QED) is 0.439. The molecule has 3 amide bonds. The van der Waals surface area contributed by atoms with Crippen LogP contribution < -0.4 is 34.3 Å². The number of fused-ring (bicyclic) bond motifs is 9. The summed E-state index contributed by atoms with van der Waals surface area (Å²) in [5.41, 5.74) is 3.74. The molecule has 0 aromatic heterocycles. The van der Waals surface area contributed by atoms with E-state index in [0.717, 1.165) is 22.3 Å². The van der Waals surface area contributed by atoms with Crippen molar-refractivity contribution in [3.8, 4) is 28.7 Å². The van der Waals surface area contributed by atoms with Crippen LogP contribution >= 0.6 is 0 Å². The fourth-order valence-electron chi connectivity index (χ4n) is 5.59. The molecule has 3 aromatic rings. The lowest BCUT2D eigenvalue weighted by atomic mass is 10.0. The van der Waals surface area contributed by atoms with Gasteiger partial charge in [-0.1, -0.05) is 18.2 Å². The third-order valence-electron chi connectivity index (χ3n) is 8.40. The van der Waals surface area contributed by atoms with Gasteiger partial charge in [-0.25, -0.2) is 0 Å². The van der Waals surface area contributed by atoms with Gasteiger partial charge in [-0.05, 0) is 67.3 Å². The van der Waals surface area contributed by atoms with E-state index in [1.165, 1.54) is 7.11 Å². The Morgan fingerprint density at radius 1 is 0.957 bits per heavy atom. The molecule has 0 radical (unpaired) electrons. The minimum absolute atomic E-state index is 0.110. The van der Waals surface area contributed by atoms with Gasteiger partial charge in [-0.3, -0.25) is 14.4 Å². The summed E-state index contributed by atoms with van der Waals surface area (Å²) >= 11 is 0. The molecule has 46 heavy (non-hydrogen) atoms. The Bertz CT molecular complexity index is 1580. The van der Waals surface area contributed by atoms with Crippen molar-refractivity contribution < 1.29 is 38.1 Å². The van der Waals surface area contributed by atoms with Gasteiger partial charge in [0.05, 0.1) is 20.3 Å². The Morgan fingerprint density at radius 3 is 2.59 bits per heavy atom. The maximum Gasteiger partial charge on any atom is 0.260 e. The first-order valence-corrected chi connectivity index (χ1v) is 15.4.